The van der Waals surface area contributed by atoms with Gasteiger partial charge in [-0.2, -0.15) is 0 Å². The zero-order chi connectivity index (χ0) is 14.3. The molecule has 19 heavy (non-hydrogen) atoms. The molecule has 0 saturated carbocycles. The normalized spacial score (nSPS) is 10.4. The summed E-state index contributed by atoms with van der Waals surface area (Å²) in [5.41, 5.74) is 0. The van der Waals surface area contributed by atoms with Crippen molar-refractivity contribution < 1.29 is 28.9 Å². The predicted octanol–water partition coefficient (Wildman–Crippen LogP) is -1.54. The van der Waals surface area contributed by atoms with Gasteiger partial charge in [-0.3, -0.25) is 4.79 Å². The molecule has 0 saturated heterocycles. The van der Waals surface area contributed by atoms with Crippen molar-refractivity contribution >= 4 is 11.9 Å². The molecule has 0 heterocycles. The van der Waals surface area contributed by atoms with Crippen LogP contribution in [0.3, 0.4) is 0 Å². The molecule has 3 N–H and O–H groups in total. The maximum atomic E-state index is 11.1. The Morgan fingerprint density at radius 3 is 2.16 bits per heavy atom. The van der Waals surface area contributed by atoms with Crippen LogP contribution in [0.15, 0.2) is 0 Å². The molecule has 0 aromatic carbocycles. The van der Waals surface area contributed by atoms with Gasteiger partial charge in [-0.25, -0.2) is 4.79 Å². The van der Waals surface area contributed by atoms with Crippen molar-refractivity contribution in [2.75, 3.05) is 59.8 Å². The van der Waals surface area contributed by atoms with E-state index in [9.17, 15) is 9.59 Å². The van der Waals surface area contributed by atoms with E-state index in [0.29, 0.717) is 33.0 Å². The molecule has 0 aromatic heterocycles. The Bertz CT molecular complexity index is 249. The molecule has 1 amide bonds. The Hall–Kier alpha value is -1.22. The number of hydrogen-bond acceptors (Lipinski definition) is 6. The molecular weight excluding hydrogens is 256 g/mol. The molecule has 8 nitrogen and oxygen atoms in total. The highest BCUT2D eigenvalue weighted by Gasteiger charge is 2.02. The molecule has 0 rings (SSSR count). The second kappa shape index (κ2) is 13.2. The topological polar surface area (TPSA) is 106 Å². The minimum absolute atomic E-state index is 0.264. The van der Waals surface area contributed by atoms with Gasteiger partial charge in [-0.15, -0.1) is 0 Å². The molecule has 0 bridgehead atoms. The van der Waals surface area contributed by atoms with Crippen LogP contribution >= 0.6 is 0 Å². The average Bonchev–Trinajstić information content (AvgIpc) is 2.36. The van der Waals surface area contributed by atoms with E-state index in [0.717, 1.165) is 6.54 Å². The van der Waals surface area contributed by atoms with Crippen molar-refractivity contribution in [3.8, 4) is 0 Å². The number of carboxylic acids is 1. The second-order valence-electron chi connectivity index (χ2n) is 3.56. The molecule has 0 aromatic rings. The maximum Gasteiger partial charge on any atom is 0.329 e. The van der Waals surface area contributed by atoms with E-state index in [2.05, 4.69) is 15.4 Å². The van der Waals surface area contributed by atoms with Gasteiger partial charge < -0.3 is 30.0 Å². The number of rotatable bonds is 13. The van der Waals surface area contributed by atoms with Crippen molar-refractivity contribution in [3.05, 3.63) is 0 Å². The monoisotopic (exact) mass is 278 g/mol. The molecule has 0 aliphatic heterocycles. The summed E-state index contributed by atoms with van der Waals surface area (Å²) in [7, 11) is 1.85. The third kappa shape index (κ3) is 14.7. The van der Waals surface area contributed by atoms with E-state index < -0.39 is 12.6 Å². The van der Waals surface area contributed by atoms with E-state index in [4.69, 9.17) is 14.6 Å². The van der Waals surface area contributed by atoms with Gasteiger partial charge in [0, 0.05) is 13.1 Å². The Morgan fingerprint density at radius 2 is 1.58 bits per heavy atom. The molecule has 0 atom stereocenters. The zero-order valence-corrected chi connectivity index (χ0v) is 11.1. The molecule has 0 aliphatic rings. The van der Waals surface area contributed by atoms with Gasteiger partial charge in [0.1, 0.15) is 13.2 Å². The van der Waals surface area contributed by atoms with Crippen LogP contribution in [-0.4, -0.2) is 76.8 Å². The second-order valence-corrected chi connectivity index (χ2v) is 3.56. The summed E-state index contributed by atoms with van der Waals surface area (Å²) >= 11 is 0. The predicted molar refractivity (Wildman–Crippen MR) is 67.0 cm³/mol. The maximum absolute atomic E-state index is 11.1. The molecule has 0 radical (unpaired) electrons. The largest absolute Gasteiger partial charge is 0.480 e. The van der Waals surface area contributed by atoms with Gasteiger partial charge in [0.15, 0.2) is 0 Å². The van der Waals surface area contributed by atoms with Gasteiger partial charge in [0.25, 0.3) is 0 Å². The van der Waals surface area contributed by atoms with Crippen LogP contribution in [0, 0.1) is 0 Å². The molecule has 112 valence electrons. The van der Waals surface area contributed by atoms with E-state index in [1.54, 1.807) is 0 Å². The molecule has 0 spiro atoms. The molecule has 8 heteroatoms. The standard InChI is InChI=1S/C11H22N2O6/c1-12-2-4-17-6-7-18-5-3-13-10(14)8-19-9-11(15)16/h12H,2-9H2,1H3,(H,13,14)(H,15,16). The van der Waals surface area contributed by atoms with E-state index >= 15 is 0 Å². The molecule has 0 unspecified atom stereocenters. The summed E-state index contributed by atoms with van der Waals surface area (Å²) < 4.78 is 15.1. The number of aliphatic carboxylic acids is 1. The van der Waals surface area contributed by atoms with Crippen molar-refractivity contribution in [1.29, 1.82) is 0 Å². The Morgan fingerprint density at radius 1 is 0.947 bits per heavy atom. The minimum Gasteiger partial charge on any atom is -0.480 e. The number of ether oxygens (including phenoxy) is 3. The first-order valence-electron chi connectivity index (χ1n) is 6.03. The van der Waals surface area contributed by atoms with Crippen molar-refractivity contribution in [1.82, 2.24) is 10.6 Å². The highest BCUT2D eigenvalue weighted by atomic mass is 16.5. The lowest BCUT2D eigenvalue weighted by atomic mass is 10.6. The van der Waals surface area contributed by atoms with Gasteiger partial charge in [0.05, 0.1) is 26.4 Å². The highest BCUT2D eigenvalue weighted by Crippen LogP contribution is 1.79. The van der Waals surface area contributed by atoms with Crippen molar-refractivity contribution in [2.24, 2.45) is 0 Å². The number of carboxylic acid groups (broad SMARTS) is 1. The quantitative estimate of drug-likeness (QED) is 0.350. The summed E-state index contributed by atoms with van der Waals surface area (Å²) in [6.45, 7) is 2.40. The van der Waals surface area contributed by atoms with Crippen LogP contribution in [0.5, 0.6) is 0 Å². The van der Waals surface area contributed by atoms with E-state index in [1.807, 2.05) is 7.05 Å². The van der Waals surface area contributed by atoms with Crippen LogP contribution in [0.2, 0.25) is 0 Å². The summed E-state index contributed by atoms with van der Waals surface area (Å²) in [5.74, 6) is -1.47. The third-order valence-electron chi connectivity index (χ3n) is 1.90. The Kier molecular flexibility index (Phi) is 12.4. The van der Waals surface area contributed by atoms with Crippen LogP contribution in [0.4, 0.5) is 0 Å². The lowest BCUT2D eigenvalue weighted by Gasteiger charge is -2.07. The Balaban J connectivity index is 3.16. The fourth-order valence-corrected chi connectivity index (χ4v) is 1.04. The zero-order valence-electron chi connectivity index (χ0n) is 11.1. The summed E-state index contributed by atoms with van der Waals surface area (Å²) in [5, 5.41) is 13.8. The van der Waals surface area contributed by atoms with Crippen LogP contribution in [-0.2, 0) is 23.8 Å². The molecule has 0 aliphatic carbocycles. The summed E-state index contributed by atoms with van der Waals surface area (Å²) in [6.07, 6.45) is 0. The number of carbonyl (C=O) groups is 2. The fraction of sp³-hybridized carbons (Fsp3) is 0.818. The number of likely N-dealkylation sites (N-methyl/N-ethyl adjacent to an activating group) is 1. The van der Waals surface area contributed by atoms with Gasteiger partial charge in [-0.05, 0) is 7.05 Å². The van der Waals surface area contributed by atoms with Gasteiger partial charge in [-0.1, -0.05) is 0 Å². The lowest BCUT2D eigenvalue weighted by Crippen LogP contribution is -2.31. The smallest absolute Gasteiger partial charge is 0.329 e. The van der Waals surface area contributed by atoms with Crippen molar-refractivity contribution in [2.45, 2.75) is 0 Å². The SMILES string of the molecule is CNCCOCCOCCNC(=O)COCC(=O)O. The third-order valence-corrected chi connectivity index (χ3v) is 1.90. The van der Waals surface area contributed by atoms with E-state index in [-0.39, 0.29) is 12.5 Å². The fourth-order valence-electron chi connectivity index (χ4n) is 1.04. The van der Waals surface area contributed by atoms with Gasteiger partial charge in [0.2, 0.25) is 5.91 Å². The highest BCUT2D eigenvalue weighted by molar-refractivity contribution is 5.77. The van der Waals surface area contributed by atoms with Gasteiger partial charge >= 0.3 is 5.97 Å². The first-order valence-corrected chi connectivity index (χ1v) is 6.03. The van der Waals surface area contributed by atoms with Crippen molar-refractivity contribution in [3.63, 3.8) is 0 Å². The summed E-state index contributed by atoms with van der Waals surface area (Å²) in [4.78, 5) is 21.2. The minimum atomic E-state index is -1.10. The Labute approximate surface area is 112 Å². The van der Waals surface area contributed by atoms with E-state index in [1.165, 1.54) is 0 Å². The lowest BCUT2D eigenvalue weighted by molar-refractivity contribution is -0.143. The number of amides is 1. The first-order chi connectivity index (χ1) is 9.16. The molecule has 0 fully saturated rings. The number of carbonyl (C=O) groups excluding carboxylic acids is 1. The molecular formula is C11H22N2O6. The van der Waals surface area contributed by atoms with Crippen LogP contribution in [0.25, 0.3) is 0 Å². The first kappa shape index (κ1) is 17.8. The summed E-state index contributed by atoms with van der Waals surface area (Å²) in [6, 6.07) is 0. The number of nitrogens with one attached hydrogen (secondary N) is 2. The number of hydrogen-bond donors (Lipinski definition) is 3. The van der Waals surface area contributed by atoms with Crippen LogP contribution < -0.4 is 10.6 Å². The van der Waals surface area contributed by atoms with Crippen LogP contribution in [0.1, 0.15) is 0 Å². The average molecular weight is 278 g/mol.